The molecule has 1 amide bonds. The molecule has 1 atom stereocenters. The van der Waals surface area contributed by atoms with E-state index < -0.39 is 5.60 Å². The molecule has 4 heteroatoms. The molecule has 1 aliphatic heterocycles. The second-order valence-corrected chi connectivity index (χ2v) is 6.46. The number of hydrogen-bond donors (Lipinski definition) is 1. The van der Waals surface area contributed by atoms with E-state index in [9.17, 15) is 9.90 Å². The summed E-state index contributed by atoms with van der Waals surface area (Å²) in [7, 11) is 0. The summed E-state index contributed by atoms with van der Waals surface area (Å²) in [5.41, 5.74) is 0.453. The topological polar surface area (TPSA) is 40.5 Å². The highest BCUT2D eigenvalue weighted by molar-refractivity contribution is 9.10. The number of unbranched alkanes of at least 4 members (excludes halogenated alkanes) is 1. The van der Waals surface area contributed by atoms with E-state index in [1.54, 1.807) is 17.0 Å². The van der Waals surface area contributed by atoms with Crippen molar-refractivity contribution in [2.45, 2.75) is 25.4 Å². The van der Waals surface area contributed by atoms with Crippen LogP contribution in [-0.2, 0) is 10.4 Å². The number of carbonyl (C=O) groups excluding carboxylic acids is 1. The van der Waals surface area contributed by atoms with Gasteiger partial charge >= 0.3 is 0 Å². The molecule has 1 N–H and O–H groups in total. The SMILES string of the molecule is CCCCN1C(=O)[C@](O)(c2ccccc2)c2cc(Br)ccc21. The smallest absolute Gasteiger partial charge is 0.268 e. The van der Waals surface area contributed by atoms with E-state index in [4.69, 9.17) is 0 Å². The van der Waals surface area contributed by atoms with E-state index in [-0.39, 0.29) is 5.91 Å². The lowest BCUT2D eigenvalue weighted by molar-refractivity contribution is -0.132. The first kappa shape index (κ1) is 15.3. The van der Waals surface area contributed by atoms with Crippen LogP contribution in [0.4, 0.5) is 5.69 Å². The highest BCUT2D eigenvalue weighted by Crippen LogP contribution is 2.45. The Labute approximate surface area is 138 Å². The van der Waals surface area contributed by atoms with Crippen LogP contribution in [0.1, 0.15) is 30.9 Å². The van der Waals surface area contributed by atoms with E-state index in [2.05, 4.69) is 22.9 Å². The van der Waals surface area contributed by atoms with Crippen LogP contribution >= 0.6 is 15.9 Å². The van der Waals surface area contributed by atoms with Gasteiger partial charge in [0.1, 0.15) is 0 Å². The van der Waals surface area contributed by atoms with Gasteiger partial charge < -0.3 is 10.0 Å². The van der Waals surface area contributed by atoms with Crippen molar-refractivity contribution in [2.75, 3.05) is 11.4 Å². The number of fused-ring (bicyclic) bond motifs is 1. The van der Waals surface area contributed by atoms with Crippen LogP contribution < -0.4 is 4.90 Å². The third-order valence-electron chi connectivity index (χ3n) is 4.12. The van der Waals surface area contributed by atoms with E-state index in [0.29, 0.717) is 17.7 Å². The highest BCUT2D eigenvalue weighted by Gasteiger charge is 2.50. The molecular formula is C18H18BrNO2. The van der Waals surface area contributed by atoms with E-state index in [1.807, 2.05) is 36.4 Å². The summed E-state index contributed by atoms with van der Waals surface area (Å²) < 4.78 is 0.853. The summed E-state index contributed by atoms with van der Waals surface area (Å²) in [6.07, 6.45) is 1.91. The largest absolute Gasteiger partial charge is 0.372 e. The van der Waals surface area contributed by atoms with Gasteiger partial charge in [0.25, 0.3) is 5.91 Å². The Morgan fingerprint density at radius 2 is 1.91 bits per heavy atom. The Kier molecular flexibility index (Phi) is 4.06. The third-order valence-corrected chi connectivity index (χ3v) is 4.61. The molecule has 0 saturated carbocycles. The van der Waals surface area contributed by atoms with Crippen LogP contribution in [0.15, 0.2) is 53.0 Å². The minimum atomic E-state index is -1.60. The van der Waals surface area contributed by atoms with E-state index >= 15 is 0 Å². The Morgan fingerprint density at radius 1 is 1.18 bits per heavy atom. The summed E-state index contributed by atoms with van der Waals surface area (Å²) in [5.74, 6) is -0.264. The maximum Gasteiger partial charge on any atom is 0.268 e. The molecule has 2 aromatic rings. The Balaban J connectivity index is 2.16. The minimum Gasteiger partial charge on any atom is -0.372 e. The fourth-order valence-corrected chi connectivity index (χ4v) is 3.31. The summed E-state index contributed by atoms with van der Waals surface area (Å²) in [5, 5.41) is 11.3. The van der Waals surface area contributed by atoms with Gasteiger partial charge in [-0.1, -0.05) is 59.6 Å². The Hall–Kier alpha value is -1.65. The van der Waals surface area contributed by atoms with Crippen LogP contribution in [0.2, 0.25) is 0 Å². The van der Waals surface area contributed by atoms with Gasteiger partial charge in [0.15, 0.2) is 5.60 Å². The molecule has 0 spiro atoms. The summed E-state index contributed by atoms with van der Waals surface area (Å²) in [6.45, 7) is 2.71. The Morgan fingerprint density at radius 3 is 2.59 bits per heavy atom. The van der Waals surface area contributed by atoms with Gasteiger partial charge in [0.05, 0.1) is 5.69 Å². The standard InChI is InChI=1S/C18H18BrNO2/c1-2-3-11-20-16-10-9-14(19)12-15(16)18(22,17(20)21)13-7-5-4-6-8-13/h4-10,12,22H,2-3,11H2,1H3/t18-/m0/s1. The van der Waals surface area contributed by atoms with E-state index in [1.165, 1.54) is 0 Å². The minimum absolute atomic E-state index is 0.264. The van der Waals surface area contributed by atoms with Crippen LogP contribution in [0.3, 0.4) is 0 Å². The molecule has 0 aromatic heterocycles. The maximum atomic E-state index is 13.0. The van der Waals surface area contributed by atoms with Crippen molar-refractivity contribution in [2.24, 2.45) is 0 Å². The van der Waals surface area contributed by atoms with Crippen LogP contribution in [0.5, 0.6) is 0 Å². The maximum absolute atomic E-state index is 13.0. The number of nitrogens with zero attached hydrogens (tertiary/aromatic N) is 1. The monoisotopic (exact) mass is 359 g/mol. The van der Waals surface area contributed by atoms with Crippen molar-refractivity contribution in [1.29, 1.82) is 0 Å². The summed E-state index contributed by atoms with van der Waals surface area (Å²) in [6, 6.07) is 14.8. The average Bonchev–Trinajstić information content (AvgIpc) is 2.75. The molecule has 0 unspecified atom stereocenters. The quantitative estimate of drug-likeness (QED) is 0.900. The summed E-state index contributed by atoms with van der Waals surface area (Å²) >= 11 is 3.44. The molecule has 3 rings (SSSR count). The number of hydrogen-bond acceptors (Lipinski definition) is 2. The lowest BCUT2D eigenvalue weighted by atomic mass is 9.87. The van der Waals surface area contributed by atoms with Crippen LogP contribution in [0, 0.1) is 0 Å². The van der Waals surface area contributed by atoms with Crippen LogP contribution in [0.25, 0.3) is 0 Å². The van der Waals surface area contributed by atoms with Crippen molar-refractivity contribution >= 4 is 27.5 Å². The predicted octanol–water partition coefficient (Wildman–Crippen LogP) is 3.83. The molecule has 3 nitrogen and oxygen atoms in total. The second-order valence-electron chi connectivity index (χ2n) is 5.55. The molecular weight excluding hydrogens is 342 g/mol. The molecule has 22 heavy (non-hydrogen) atoms. The number of carbonyl (C=O) groups is 1. The fraction of sp³-hybridized carbons (Fsp3) is 0.278. The van der Waals surface area contributed by atoms with Crippen molar-refractivity contribution in [3.63, 3.8) is 0 Å². The zero-order valence-corrected chi connectivity index (χ0v) is 14.0. The molecule has 0 aliphatic carbocycles. The van der Waals surface area contributed by atoms with Crippen molar-refractivity contribution in [1.82, 2.24) is 0 Å². The molecule has 0 fully saturated rings. The third kappa shape index (κ3) is 2.27. The zero-order valence-electron chi connectivity index (χ0n) is 12.4. The molecule has 1 aliphatic rings. The number of amides is 1. The molecule has 114 valence electrons. The second kappa shape index (κ2) is 5.86. The number of anilines is 1. The first-order valence-electron chi connectivity index (χ1n) is 7.49. The van der Waals surface area contributed by atoms with Gasteiger partial charge in [-0.25, -0.2) is 0 Å². The first-order chi connectivity index (χ1) is 10.6. The lowest BCUT2D eigenvalue weighted by Crippen LogP contribution is -2.41. The molecule has 2 aromatic carbocycles. The van der Waals surface area contributed by atoms with Gasteiger partial charge in [0, 0.05) is 16.6 Å². The van der Waals surface area contributed by atoms with Gasteiger partial charge in [-0.3, -0.25) is 4.79 Å². The number of halogens is 1. The molecule has 0 bridgehead atoms. The average molecular weight is 360 g/mol. The number of rotatable bonds is 4. The normalized spacial score (nSPS) is 20.3. The first-order valence-corrected chi connectivity index (χ1v) is 8.28. The van der Waals surface area contributed by atoms with E-state index in [0.717, 1.165) is 23.0 Å². The fourth-order valence-electron chi connectivity index (χ4n) is 2.95. The number of aliphatic hydroxyl groups is 1. The van der Waals surface area contributed by atoms with Crippen molar-refractivity contribution in [3.8, 4) is 0 Å². The predicted molar refractivity (Wildman–Crippen MR) is 90.8 cm³/mol. The van der Waals surface area contributed by atoms with Gasteiger partial charge in [0.2, 0.25) is 0 Å². The Bertz CT molecular complexity index is 701. The lowest BCUT2D eigenvalue weighted by Gasteiger charge is -2.23. The molecule has 0 radical (unpaired) electrons. The van der Waals surface area contributed by atoms with Crippen molar-refractivity contribution < 1.29 is 9.90 Å². The van der Waals surface area contributed by atoms with Crippen molar-refractivity contribution in [3.05, 3.63) is 64.1 Å². The highest BCUT2D eigenvalue weighted by atomic mass is 79.9. The molecule has 1 heterocycles. The zero-order chi connectivity index (χ0) is 15.7. The molecule has 0 saturated heterocycles. The van der Waals surface area contributed by atoms with Crippen LogP contribution in [-0.4, -0.2) is 17.6 Å². The van der Waals surface area contributed by atoms with Gasteiger partial charge in [-0.05, 0) is 30.2 Å². The number of benzene rings is 2. The summed E-state index contributed by atoms with van der Waals surface area (Å²) in [4.78, 5) is 14.7. The van der Waals surface area contributed by atoms with Gasteiger partial charge in [-0.15, -0.1) is 0 Å². The van der Waals surface area contributed by atoms with Gasteiger partial charge in [-0.2, -0.15) is 0 Å².